The van der Waals surface area contributed by atoms with Crippen molar-refractivity contribution < 1.29 is 8.42 Å². The third-order valence-corrected chi connectivity index (χ3v) is 10.9. The van der Waals surface area contributed by atoms with E-state index in [4.69, 9.17) is 11.6 Å². The molecular formula is C29H38ClN5O3S. The average molecular weight is 572 g/mol. The van der Waals surface area contributed by atoms with Crippen molar-refractivity contribution in [3.8, 4) is 0 Å². The van der Waals surface area contributed by atoms with Gasteiger partial charge in [0.2, 0.25) is 5.95 Å². The summed E-state index contributed by atoms with van der Waals surface area (Å²) in [5.74, 6) is 0.314. The van der Waals surface area contributed by atoms with Crippen LogP contribution in [0.5, 0.6) is 0 Å². The predicted octanol–water partition coefficient (Wildman–Crippen LogP) is 5.68. The number of hydrogen-bond donors (Lipinski definition) is 1. The van der Waals surface area contributed by atoms with Gasteiger partial charge in [-0.1, -0.05) is 11.6 Å². The summed E-state index contributed by atoms with van der Waals surface area (Å²) in [6.07, 6.45) is 5.31. The van der Waals surface area contributed by atoms with E-state index in [2.05, 4.69) is 34.0 Å². The number of pyridine rings is 1. The fraction of sp³-hybridized carbons (Fsp3) is 0.552. The second-order valence-electron chi connectivity index (χ2n) is 12.6. The van der Waals surface area contributed by atoms with Gasteiger partial charge in [0.25, 0.3) is 5.56 Å². The van der Waals surface area contributed by atoms with Crippen LogP contribution in [0.3, 0.4) is 0 Å². The zero-order valence-electron chi connectivity index (χ0n) is 23.6. The van der Waals surface area contributed by atoms with Gasteiger partial charge in [-0.25, -0.2) is 13.4 Å². The largest absolute Gasteiger partial charge is 0.324 e. The van der Waals surface area contributed by atoms with Crippen LogP contribution in [-0.4, -0.2) is 52.2 Å². The maximum atomic E-state index is 13.5. The summed E-state index contributed by atoms with van der Waals surface area (Å²) >= 11 is 6.18. The molecular weight excluding hydrogens is 534 g/mol. The van der Waals surface area contributed by atoms with E-state index in [9.17, 15) is 13.2 Å². The minimum Gasteiger partial charge on any atom is -0.324 e. The number of rotatable bonds is 5. The second kappa shape index (κ2) is 9.85. The van der Waals surface area contributed by atoms with E-state index in [1.54, 1.807) is 35.0 Å². The van der Waals surface area contributed by atoms with Crippen molar-refractivity contribution in [2.75, 3.05) is 18.4 Å². The molecule has 1 saturated heterocycles. The van der Waals surface area contributed by atoms with Crippen molar-refractivity contribution in [2.24, 2.45) is 5.41 Å². The highest BCUT2D eigenvalue weighted by Gasteiger charge is 2.51. The van der Waals surface area contributed by atoms with Crippen LogP contribution in [0.15, 0.2) is 40.2 Å². The Morgan fingerprint density at radius 3 is 2.38 bits per heavy atom. The average Bonchev–Trinajstić information content (AvgIpc) is 2.83. The van der Waals surface area contributed by atoms with E-state index in [0.717, 1.165) is 44.3 Å². The number of nitrogens with zero attached hydrogens (tertiary/aromatic N) is 4. The highest BCUT2D eigenvalue weighted by molar-refractivity contribution is 7.92. The first-order chi connectivity index (χ1) is 18.2. The molecule has 1 aromatic carbocycles. The number of benzene rings is 1. The van der Waals surface area contributed by atoms with Crippen molar-refractivity contribution in [2.45, 2.75) is 89.0 Å². The first-order valence-corrected chi connectivity index (χ1v) is 15.6. The van der Waals surface area contributed by atoms with Crippen molar-refractivity contribution >= 4 is 44.1 Å². The first kappa shape index (κ1) is 28.1. The summed E-state index contributed by atoms with van der Waals surface area (Å²) in [5, 5.41) is 3.67. The molecule has 3 heterocycles. The summed E-state index contributed by atoms with van der Waals surface area (Å²) in [7, 11) is -3.40. The van der Waals surface area contributed by atoms with Gasteiger partial charge in [0, 0.05) is 28.9 Å². The smallest absolute Gasteiger partial charge is 0.271 e. The standard InChI is InChI=1S/C29H38ClN5O3S/c1-18(2)34-11-9-29(10-12-34)15-22(16-29)39(37,38)21-7-8-24(19(3)13-21)32-27-31-17-20-14-23(30)26(36)35(25(20)33-27)28(4,5)6/h7-8,13-14,17-18,22H,9-12,15-16H2,1-6H3,(H,31,32,33). The Labute approximate surface area is 235 Å². The summed E-state index contributed by atoms with van der Waals surface area (Å²) in [5.41, 5.74) is 1.30. The number of aryl methyl sites for hydroxylation is 1. The van der Waals surface area contributed by atoms with Gasteiger partial charge in [-0.3, -0.25) is 9.36 Å². The Morgan fingerprint density at radius 2 is 1.79 bits per heavy atom. The zero-order chi connectivity index (χ0) is 28.3. The molecule has 2 aromatic heterocycles. The van der Waals surface area contributed by atoms with Gasteiger partial charge in [-0.15, -0.1) is 0 Å². The van der Waals surface area contributed by atoms with E-state index < -0.39 is 15.4 Å². The van der Waals surface area contributed by atoms with E-state index in [-0.39, 0.29) is 21.2 Å². The predicted molar refractivity (Wildman–Crippen MR) is 157 cm³/mol. The van der Waals surface area contributed by atoms with Crippen LogP contribution in [0, 0.1) is 12.3 Å². The van der Waals surface area contributed by atoms with Crippen molar-refractivity contribution in [1.82, 2.24) is 19.4 Å². The third kappa shape index (κ3) is 5.21. The molecule has 5 rings (SSSR count). The quantitative estimate of drug-likeness (QED) is 0.421. The van der Waals surface area contributed by atoms with Crippen LogP contribution >= 0.6 is 11.6 Å². The SMILES string of the molecule is Cc1cc(S(=O)(=O)C2CC3(CCN(C(C)C)CC3)C2)ccc1Nc1ncc2cc(Cl)c(=O)n(C(C)(C)C)c2n1. The molecule has 1 spiro atoms. The van der Waals surface area contributed by atoms with Gasteiger partial charge in [-0.05, 0) is 116 Å². The molecule has 0 radical (unpaired) electrons. The van der Waals surface area contributed by atoms with Crippen LogP contribution in [-0.2, 0) is 15.4 Å². The van der Waals surface area contributed by atoms with E-state index in [0.29, 0.717) is 33.6 Å². The molecule has 1 aliphatic carbocycles. The normalized spacial score (nSPS) is 18.6. The Morgan fingerprint density at radius 1 is 1.13 bits per heavy atom. The summed E-state index contributed by atoms with van der Waals surface area (Å²) in [6, 6.07) is 7.29. The molecule has 3 aromatic rings. The molecule has 0 bridgehead atoms. The fourth-order valence-electron chi connectivity index (χ4n) is 6.06. The van der Waals surface area contributed by atoms with Gasteiger partial charge in [-0.2, -0.15) is 4.98 Å². The number of hydrogen-bond acceptors (Lipinski definition) is 7. The van der Waals surface area contributed by atoms with E-state index in [1.807, 2.05) is 27.7 Å². The molecule has 210 valence electrons. The molecule has 2 fully saturated rings. The van der Waals surface area contributed by atoms with Gasteiger partial charge < -0.3 is 10.2 Å². The topological polar surface area (TPSA) is 97.2 Å². The molecule has 0 unspecified atom stereocenters. The Hall–Kier alpha value is -2.49. The monoisotopic (exact) mass is 571 g/mol. The summed E-state index contributed by atoms with van der Waals surface area (Å²) in [4.78, 5) is 24.7. The minimum absolute atomic E-state index is 0.118. The highest BCUT2D eigenvalue weighted by atomic mass is 35.5. The highest BCUT2D eigenvalue weighted by Crippen LogP contribution is 2.53. The molecule has 0 amide bonds. The lowest BCUT2D eigenvalue weighted by Gasteiger charge is -2.52. The number of nitrogens with one attached hydrogen (secondary N) is 1. The van der Waals surface area contributed by atoms with Crippen LogP contribution in [0.1, 0.15) is 65.9 Å². The number of halogens is 1. The van der Waals surface area contributed by atoms with Crippen LogP contribution in [0.25, 0.3) is 11.0 Å². The number of aromatic nitrogens is 3. The van der Waals surface area contributed by atoms with Crippen LogP contribution < -0.4 is 10.9 Å². The minimum atomic E-state index is -3.40. The second-order valence-corrected chi connectivity index (χ2v) is 15.2. The summed E-state index contributed by atoms with van der Waals surface area (Å²) < 4.78 is 28.5. The number of sulfone groups is 1. The molecule has 8 nitrogen and oxygen atoms in total. The first-order valence-electron chi connectivity index (χ1n) is 13.6. The van der Waals surface area contributed by atoms with Crippen LogP contribution in [0.4, 0.5) is 11.6 Å². The Kier molecular flexibility index (Phi) is 7.09. The molecule has 1 aliphatic heterocycles. The number of likely N-dealkylation sites (tertiary alicyclic amines) is 1. The lowest BCUT2D eigenvalue weighted by Crippen LogP contribution is -2.52. The maximum Gasteiger partial charge on any atom is 0.271 e. The van der Waals surface area contributed by atoms with Gasteiger partial charge >= 0.3 is 0 Å². The number of piperidine rings is 1. The van der Waals surface area contributed by atoms with E-state index >= 15 is 0 Å². The van der Waals surface area contributed by atoms with Gasteiger partial charge in [0.15, 0.2) is 9.84 Å². The Bertz CT molecular complexity index is 1580. The van der Waals surface area contributed by atoms with Crippen LogP contribution in [0.2, 0.25) is 5.02 Å². The molecule has 39 heavy (non-hydrogen) atoms. The Balaban J connectivity index is 1.34. The molecule has 10 heteroatoms. The number of anilines is 2. The lowest BCUT2D eigenvalue weighted by atomic mass is 9.63. The summed E-state index contributed by atoms with van der Waals surface area (Å²) in [6.45, 7) is 14.2. The van der Waals surface area contributed by atoms with Gasteiger partial charge in [0.05, 0.1) is 10.1 Å². The lowest BCUT2D eigenvalue weighted by molar-refractivity contribution is 0.0246. The van der Waals surface area contributed by atoms with Crippen molar-refractivity contribution in [3.05, 3.63) is 51.4 Å². The molecule has 1 saturated carbocycles. The molecule has 1 N–H and O–H groups in total. The maximum absolute atomic E-state index is 13.5. The van der Waals surface area contributed by atoms with Crippen molar-refractivity contribution in [1.29, 1.82) is 0 Å². The van der Waals surface area contributed by atoms with E-state index in [1.165, 1.54) is 0 Å². The zero-order valence-corrected chi connectivity index (χ0v) is 25.2. The van der Waals surface area contributed by atoms with Crippen molar-refractivity contribution in [3.63, 3.8) is 0 Å². The molecule has 2 aliphatic rings. The fourth-order valence-corrected chi connectivity index (χ4v) is 8.39. The molecule has 0 atom stereocenters. The third-order valence-electron chi connectivity index (χ3n) is 8.49. The van der Waals surface area contributed by atoms with Gasteiger partial charge in [0.1, 0.15) is 10.7 Å². The number of fused-ring (bicyclic) bond motifs is 1.